The van der Waals surface area contributed by atoms with Gasteiger partial charge in [-0.1, -0.05) is 0 Å². The highest BCUT2D eigenvalue weighted by Gasteiger charge is 2.27. The van der Waals surface area contributed by atoms with Gasteiger partial charge in [0.25, 0.3) is 0 Å². The molecule has 1 aliphatic heterocycles. The third kappa shape index (κ3) is 4.41. The monoisotopic (exact) mass is 286 g/mol. The molecule has 4 amide bonds. The molecule has 1 rings (SSSR count). The molecule has 0 radical (unpaired) electrons. The van der Waals surface area contributed by atoms with Gasteiger partial charge < -0.3 is 26.0 Å². The van der Waals surface area contributed by atoms with E-state index in [4.69, 9.17) is 10.8 Å². The number of carbonyl (C=O) groups excluding carboxylic acids is 3. The molecule has 0 aromatic heterocycles. The number of carboxylic acids is 1. The molecule has 1 atom stereocenters. The van der Waals surface area contributed by atoms with Gasteiger partial charge in [0.05, 0.1) is 6.42 Å². The third-order valence-corrected chi connectivity index (χ3v) is 2.96. The minimum atomic E-state index is -1.39. The Hall–Kier alpha value is -2.32. The smallest absolute Gasteiger partial charge is 0.326 e. The zero-order chi connectivity index (χ0) is 15.3. The van der Waals surface area contributed by atoms with E-state index < -0.39 is 30.4 Å². The van der Waals surface area contributed by atoms with E-state index in [1.54, 1.807) is 7.05 Å². The van der Waals surface area contributed by atoms with Crippen LogP contribution in [-0.4, -0.2) is 71.4 Å². The van der Waals surface area contributed by atoms with Crippen LogP contribution in [-0.2, 0) is 14.4 Å². The first-order valence-corrected chi connectivity index (χ1v) is 6.11. The summed E-state index contributed by atoms with van der Waals surface area (Å²) in [6, 6.07) is -2.08. The maximum Gasteiger partial charge on any atom is 0.326 e. The lowest BCUT2D eigenvalue weighted by Gasteiger charge is -2.22. The van der Waals surface area contributed by atoms with E-state index in [1.165, 1.54) is 9.80 Å². The summed E-state index contributed by atoms with van der Waals surface area (Å²) in [4.78, 5) is 48.0. The quantitative estimate of drug-likeness (QED) is 0.560. The van der Waals surface area contributed by atoms with Crippen molar-refractivity contribution in [1.29, 1.82) is 0 Å². The molecule has 0 spiro atoms. The zero-order valence-electron chi connectivity index (χ0n) is 11.2. The van der Waals surface area contributed by atoms with E-state index in [0.29, 0.717) is 19.5 Å². The highest BCUT2D eigenvalue weighted by atomic mass is 16.4. The second-order valence-electron chi connectivity index (χ2n) is 4.60. The summed E-state index contributed by atoms with van der Waals surface area (Å²) in [5.74, 6) is -2.40. The first kappa shape index (κ1) is 15.7. The third-order valence-electron chi connectivity index (χ3n) is 2.96. The van der Waals surface area contributed by atoms with Gasteiger partial charge >= 0.3 is 12.0 Å². The van der Waals surface area contributed by atoms with Crippen LogP contribution in [0.3, 0.4) is 0 Å². The van der Waals surface area contributed by atoms with Crippen molar-refractivity contribution >= 4 is 23.8 Å². The van der Waals surface area contributed by atoms with Crippen molar-refractivity contribution in [2.75, 3.05) is 26.7 Å². The maximum atomic E-state index is 11.9. The lowest BCUT2D eigenvalue weighted by Crippen LogP contribution is -2.50. The Morgan fingerprint density at radius 2 is 2.05 bits per heavy atom. The number of amides is 4. The van der Waals surface area contributed by atoms with E-state index in [1.807, 2.05) is 0 Å². The van der Waals surface area contributed by atoms with Gasteiger partial charge in [-0.05, 0) is 6.42 Å². The van der Waals surface area contributed by atoms with Crippen molar-refractivity contribution in [3.05, 3.63) is 0 Å². The zero-order valence-corrected chi connectivity index (χ0v) is 11.2. The molecule has 20 heavy (non-hydrogen) atoms. The number of nitrogens with two attached hydrogens (primary N) is 1. The fraction of sp³-hybridized carbons (Fsp3) is 0.636. The van der Waals surface area contributed by atoms with E-state index >= 15 is 0 Å². The van der Waals surface area contributed by atoms with Gasteiger partial charge in [-0.2, -0.15) is 0 Å². The summed E-state index contributed by atoms with van der Waals surface area (Å²) in [7, 11) is 1.64. The highest BCUT2D eigenvalue weighted by Crippen LogP contribution is 2.04. The van der Waals surface area contributed by atoms with Crippen LogP contribution >= 0.6 is 0 Å². The number of primary amides is 1. The fourth-order valence-electron chi connectivity index (χ4n) is 1.80. The number of likely N-dealkylation sites (N-methyl/N-ethyl adjacent to an activating group) is 1. The van der Waals surface area contributed by atoms with Crippen molar-refractivity contribution < 1.29 is 24.3 Å². The van der Waals surface area contributed by atoms with Crippen LogP contribution < -0.4 is 11.1 Å². The molecule has 0 aliphatic carbocycles. The van der Waals surface area contributed by atoms with Gasteiger partial charge in [0.1, 0.15) is 12.6 Å². The molecule has 9 heteroatoms. The molecule has 112 valence electrons. The highest BCUT2D eigenvalue weighted by molar-refractivity contribution is 5.89. The molecular weight excluding hydrogens is 268 g/mol. The van der Waals surface area contributed by atoms with Crippen molar-refractivity contribution in [2.45, 2.75) is 18.9 Å². The molecule has 1 fully saturated rings. The van der Waals surface area contributed by atoms with Crippen LogP contribution in [0.25, 0.3) is 0 Å². The molecule has 1 aliphatic rings. The molecule has 4 N–H and O–H groups in total. The number of hydrogen-bond donors (Lipinski definition) is 3. The average Bonchev–Trinajstić information content (AvgIpc) is 2.50. The molecular formula is C11H18N4O5. The molecule has 0 aromatic rings. The number of carboxylic acid groups (broad SMARTS) is 1. The predicted octanol–water partition coefficient (Wildman–Crippen LogP) is -1.81. The maximum absolute atomic E-state index is 11.9. The second-order valence-corrected chi connectivity index (χ2v) is 4.60. The van der Waals surface area contributed by atoms with Crippen molar-refractivity contribution in [3.8, 4) is 0 Å². The van der Waals surface area contributed by atoms with Crippen LogP contribution in [0.4, 0.5) is 4.79 Å². The molecule has 0 saturated carbocycles. The molecule has 0 unspecified atom stereocenters. The summed E-state index contributed by atoms with van der Waals surface area (Å²) >= 11 is 0. The van der Waals surface area contributed by atoms with Crippen LogP contribution in [0.2, 0.25) is 0 Å². The van der Waals surface area contributed by atoms with Crippen molar-refractivity contribution in [1.82, 2.24) is 15.1 Å². The largest absolute Gasteiger partial charge is 0.480 e. The minimum Gasteiger partial charge on any atom is -0.480 e. The first-order chi connectivity index (χ1) is 9.31. The van der Waals surface area contributed by atoms with Crippen LogP contribution in [0.1, 0.15) is 12.8 Å². The lowest BCUT2D eigenvalue weighted by molar-refractivity contribution is -0.140. The summed E-state index contributed by atoms with van der Waals surface area (Å²) in [6.45, 7) is 0.752. The number of urea groups is 1. The number of hydrogen-bond acceptors (Lipinski definition) is 4. The number of nitrogens with one attached hydrogen (secondary N) is 1. The molecule has 0 bridgehead atoms. The first-order valence-electron chi connectivity index (χ1n) is 6.11. The van der Waals surface area contributed by atoms with Gasteiger partial charge in [0, 0.05) is 20.1 Å². The minimum absolute atomic E-state index is 0.120. The van der Waals surface area contributed by atoms with Crippen LogP contribution in [0, 0.1) is 0 Å². The number of carbonyl (C=O) groups is 4. The molecule has 0 aromatic carbocycles. The SMILES string of the molecule is CN1CCCN(C(=O)N[C@H](CC(N)=O)C(=O)O)CC1=O. The van der Waals surface area contributed by atoms with E-state index in [0.717, 1.165) is 0 Å². The Kier molecular flexibility index (Phi) is 5.30. The summed E-state index contributed by atoms with van der Waals surface area (Å²) in [5.41, 5.74) is 4.92. The Bertz CT molecular complexity index is 425. The van der Waals surface area contributed by atoms with Gasteiger partial charge in [-0.3, -0.25) is 9.59 Å². The van der Waals surface area contributed by atoms with E-state index in [-0.39, 0.29) is 12.5 Å². The fourth-order valence-corrected chi connectivity index (χ4v) is 1.80. The number of nitrogens with zero attached hydrogens (tertiary/aromatic N) is 2. The summed E-state index contributed by atoms with van der Waals surface area (Å²) < 4.78 is 0. The normalized spacial score (nSPS) is 17.4. The Morgan fingerprint density at radius 3 is 2.60 bits per heavy atom. The predicted molar refractivity (Wildman–Crippen MR) is 67.6 cm³/mol. The van der Waals surface area contributed by atoms with Crippen molar-refractivity contribution in [3.63, 3.8) is 0 Å². The van der Waals surface area contributed by atoms with E-state index in [2.05, 4.69) is 5.32 Å². The van der Waals surface area contributed by atoms with Gasteiger partial charge in [0.2, 0.25) is 11.8 Å². The Morgan fingerprint density at radius 1 is 1.40 bits per heavy atom. The molecule has 1 heterocycles. The van der Waals surface area contributed by atoms with Gasteiger partial charge in [-0.25, -0.2) is 9.59 Å². The average molecular weight is 286 g/mol. The number of aliphatic carboxylic acids is 1. The Labute approximate surface area is 115 Å². The summed E-state index contributed by atoms with van der Waals surface area (Å²) in [6.07, 6.45) is 0.103. The van der Waals surface area contributed by atoms with Crippen LogP contribution in [0.5, 0.6) is 0 Å². The summed E-state index contributed by atoms with van der Waals surface area (Å²) in [5, 5.41) is 11.1. The Balaban J connectivity index is 2.66. The van der Waals surface area contributed by atoms with Gasteiger partial charge in [-0.15, -0.1) is 0 Å². The molecule has 1 saturated heterocycles. The van der Waals surface area contributed by atoms with Gasteiger partial charge in [0.15, 0.2) is 0 Å². The standard InChI is InChI=1S/C11H18N4O5/c1-14-3-2-4-15(6-9(14)17)11(20)13-7(10(18)19)5-8(12)16/h7H,2-6H2,1H3,(H2,12,16)(H,13,20)(H,18,19)/t7-/m1/s1. The second kappa shape index (κ2) is 6.73. The lowest BCUT2D eigenvalue weighted by atomic mass is 10.2. The van der Waals surface area contributed by atoms with Crippen molar-refractivity contribution in [2.24, 2.45) is 5.73 Å². The number of rotatable bonds is 4. The van der Waals surface area contributed by atoms with E-state index in [9.17, 15) is 19.2 Å². The van der Waals surface area contributed by atoms with Crippen LogP contribution in [0.15, 0.2) is 0 Å². The topological polar surface area (TPSA) is 133 Å². The molecule has 9 nitrogen and oxygen atoms in total.